The highest BCUT2D eigenvalue weighted by atomic mass is 19.1. The molecule has 0 unspecified atom stereocenters. The summed E-state index contributed by atoms with van der Waals surface area (Å²) in [7, 11) is 1.62. The number of hydrogen-bond donors (Lipinski definition) is 1. The molecule has 1 N–H and O–H groups in total. The number of nitrogens with zero attached hydrogens (tertiary/aromatic N) is 5. The van der Waals surface area contributed by atoms with Crippen LogP contribution in [0.25, 0.3) is 11.6 Å². The zero-order valence-corrected chi connectivity index (χ0v) is 16.9. The number of carbonyl (C=O) groups is 1. The summed E-state index contributed by atoms with van der Waals surface area (Å²) in [6.07, 6.45) is 1.19. The van der Waals surface area contributed by atoms with E-state index in [0.29, 0.717) is 43.6 Å². The number of ether oxygens (including phenoxy) is 1. The molecule has 4 rings (SSSR count). The Labute approximate surface area is 172 Å². The third kappa shape index (κ3) is 4.04. The minimum atomic E-state index is -0.485. The first-order valence-electron chi connectivity index (χ1n) is 9.82. The molecular weight excluding hydrogens is 391 g/mol. The van der Waals surface area contributed by atoms with E-state index < -0.39 is 11.8 Å². The molecule has 0 saturated heterocycles. The standard InChI is InChI=1S/C20H23FN6O3/c1-3-27-16-9-11-29-12-13(16)18(24-27)19-23-17(25-30-19)8-10-26(2)20(28)22-15-7-5-4-6-14(15)21/h4-7H,3,8-12H2,1-2H3,(H,22,28). The number of fused-ring (bicyclic) bond motifs is 1. The molecule has 2 aromatic heterocycles. The van der Waals surface area contributed by atoms with Gasteiger partial charge in [-0.15, -0.1) is 0 Å². The van der Waals surface area contributed by atoms with Gasteiger partial charge in [-0.25, -0.2) is 9.18 Å². The van der Waals surface area contributed by atoms with E-state index in [1.165, 1.54) is 17.0 Å². The Morgan fingerprint density at radius 1 is 1.37 bits per heavy atom. The minimum Gasteiger partial charge on any atom is -0.376 e. The van der Waals surface area contributed by atoms with Crippen LogP contribution in [0.5, 0.6) is 0 Å². The van der Waals surface area contributed by atoms with Crippen LogP contribution in [0.2, 0.25) is 0 Å². The zero-order valence-electron chi connectivity index (χ0n) is 16.9. The summed E-state index contributed by atoms with van der Waals surface area (Å²) in [6.45, 7) is 4.28. The van der Waals surface area contributed by atoms with Crippen molar-refractivity contribution in [1.29, 1.82) is 0 Å². The van der Waals surface area contributed by atoms with E-state index in [2.05, 4.69) is 20.6 Å². The molecule has 0 aliphatic carbocycles. The van der Waals surface area contributed by atoms with Gasteiger partial charge in [0.25, 0.3) is 5.89 Å². The molecule has 0 atom stereocenters. The summed E-state index contributed by atoms with van der Waals surface area (Å²) >= 11 is 0. The first-order chi connectivity index (χ1) is 14.6. The number of urea groups is 1. The molecule has 1 aliphatic rings. The third-order valence-electron chi connectivity index (χ3n) is 5.00. The number of para-hydroxylation sites is 1. The van der Waals surface area contributed by atoms with Crippen LogP contribution in [0.1, 0.15) is 24.0 Å². The highest BCUT2D eigenvalue weighted by molar-refractivity contribution is 5.89. The second kappa shape index (κ2) is 8.62. The van der Waals surface area contributed by atoms with Crippen LogP contribution in [-0.2, 0) is 30.7 Å². The normalized spacial score (nSPS) is 13.2. The number of aryl methyl sites for hydroxylation is 1. The van der Waals surface area contributed by atoms with Crippen LogP contribution in [-0.4, -0.2) is 51.1 Å². The van der Waals surface area contributed by atoms with Crippen molar-refractivity contribution in [2.24, 2.45) is 0 Å². The lowest BCUT2D eigenvalue weighted by Crippen LogP contribution is -2.33. The third-order valence-corrected chi connectivity index (χ3v) is 5.00. The maximum atomic E-state index is 13.7. The number of nitrogens with one attached hydrogen (secondary N) is 1. The average Bonchev–Trinajstić information content (AvgIpc) is 3.38. The van der Waals surface area contributed by atoms with Gasteiger partial charge in [-0.3, -0.25) is 4.68 Å². The second-order valence-corrected chi connectivity index (χ2v) is 6.99. The summed E-state index contributed by atoms with van der Waals surface area (Å²) in [4.78, 5) is 18.1. The van der Waals surface area contributed by atoms with Crippen molar-refractivity contribution in [3.05, 3.63) is 47.2 Å². The molecule has 0 spiro atoms. The van der Waals surface area contributed by atoms with Crippen molar-refractivity contribution >= 4 is 11.7 Å². The molecule has 3 aromatic rings. The fourth-order valence-corrected chi connectivity index (χ4v) is 3.34. The Morgan fingerprint density at radius 3 is 3.00 bits per heavy atom. The summed E-state index contributed by atoms with van der Waals surface area (Å²) in [5.41, 5.74) is 2.91. The zero-order chi connectivity index (χ0) is 21.1. The molecule has 3 heterocycles. The summed E-state index contributed by atoms with van der Waals surface area (Å²) in [6, 6.07) is 5.60. The van der Waals surface area contributed by atoms with Crippen LogP contribution in [0.4, 0.5) is 14.9 Å². The van der Waals surface area contributed by atoms with E-state index >= 15 is 0 Å². The molecule has 0 saturated carbocycles. The van der Waals surface area contributed by atoms with Gasteiger partial charge in [0.05, 0.1) is 18.9 Å². The number of amides is 2. The van der Waals surface area contributed by atoms with Crippen LogP contribution < -0.4 is 5.32 Å². The molecule has 2 amide bonds. The first-order valence-corrected chi connectivity index (χ1v) is 9.82. The maximum absolute atomic E-state index is 13.7. The van der Waals surface area contributed by atoms with Gasteiger partial charge in [0, 0.05) is 44.2 Å². The van der Waals surface area contributed by atoms with Crippen LogP contribution >= 0.6 is 0 Å². The molecule has 158 valence electrons. The van der Waals surface area contributed by atoms with Gasteiger partial charge >= 0.3 is 6.03 Å². The largest absolute Gasteiger partial charge is 0.376 e. The lowest BCUT2D eigenvalue weighted by atomic mass is 10.1. The predicted molar refractivity (Wildman–Crippen MR) is 106 cm³/mol. The van der Waals surface area contributed by atoms with E-state index in [4.69, 9.17) is 9.26 Å². The van der Waals surface area contributed by atoms with Gasteiger partial charge in [0.1, 0.15) is 5.82 Å². The number of benzene rings is 1. The van der Waals surface area contributed by atoms with Gasteiger partial charge in [-0.2, -0.15) is 10.1 Å². The SMILES string of the molecule is CCn1nc(-c2nc(CCN(C)C(=O)Nc3ccccc3F)no2)c2c1CCOC2. The van der Waals surface area contributed by atoms with Crippen LogP contribution in [0, 0.1) is 5.82 Å². The topological polar surface area (TPSA) is 98.3 Å². The van der Waals surface area contributed by atoms with E-state index in [-0.39, 0.29) is 5.69 Å². The van der Waals surface area contributed by atoms with Crippen molar-refractivity contribution < 1.29 is 18.4 Å². The van der Waals surface area contributed by atoms with Crippen molar-refractivity contribution in [2.45, 2.75) is 32.9 Å². The highest BCUT2D eigenvalue weighted by Gasteiger charge is 2.25. The van der Waals surface area contributed by atoms with E-state index in [0.717, 1.165) is 24.2 Å². The monoisotopic (exact) mass is 414 g/mol. The van der Waals surface area contributed by atoms with Gasteiger partial charge in [0.15, 0.2) is 11.5 Å². The Hall–Kier alpha value is -3.27. The summed E-state index contributed by atoms with van der Waals surface area (Å²) in [5.74, 6) is 0.324. The first kappa shape index (κ1) is 20.0. The number of anilines is 1. The quantitative estimate of drug-likeness (QED) is 0.666. The Morgan fingerprint density at radius 2 is 2.20 bits per heavy atom. The number of halogens is 1. The van der Waals surface area contributed by atoms with E-state index in [1.807, 2.05) is 11.6 Å². The van der Waals surface area contributed by atoms with Crippen molar-refractivity contribution in [3.63, 3.8) is 0 Å². The molecule has 0 bridgehead atoms. The fourth-order valence-electron chi connectivity index (χ4n) is 3.34. The van der Waals surface area contributed by atoms with Crippen LogP contribution in [0.15, 0.2) is 28.8 Å². The highest BCUT2D eigenvalue weighted by Crippen LogP contribution is 2.28. The fraction of sp³-hybridized carbons (Fsp3) is 0.400. The van der Waals surface area contributed by atoms with Gasteiger partial charge in [-0.05, 0) is 19.1 Å². The summed E-state index contributed by atoms with van der Waals surface area (Å²) < 4.78 is 26.6. The van der Waals surface area contributed by atoms with Gasteiger partial charge in [-0.1, -0.05) is 17.3 Å². The number of aromatic nitrogens is 4. The van der Waals surface area contributed by atoms with Crippen molar-refractivity contribution in [1.82, 2.24) is 24.8 Å². The molecule has 0 fully saturated rings. The van der Waals surface area contributed by atoms with Crippen molar-refractivity contribution in [2.75, 3.05) is 25.5 Å². The van der Waals surface area contributed by atoms with Gasteiger partial charge in [0.2, 0.25) is 0 Å². The number of hydrogen-bond acceptors (Lipinski definition) is 6. The average molecular weight is 414 g/mol. The molecule has 0 radical (unpaired) electrons. The van der Waals surface area contributed by atoms with Gasteiger partial charge < -0.3 is 19.5 Å². The van der Waals surface area contributed by atoms with E-state index in [1.54, 1.807) is 19.2 Å². The predicted octanol–water partition coefficient (Wildman–Crippen LogP) is 2.87. The summed E-state index contributed by atoms with van der Waals surface area (Å²) in [5, 5.41) is 11.2. The number of carbonyl (C=O) groups excluding carboxylic acids is 1. The molecule has 10 heteroatoms. The lowest BCUT2D eigenvalue weighted by Gasteiger charge is -2.17. The molecule has 1 aromatic carbocycles. The molecular formula is C20H23FN6O3. The Balaban J connectivity index is 1.40. The van der Waals surface area contributed by atoms with Crippen LogP contribution in [0.3, 0.4) is 0 Å². The second-order valence-electron chi connectivity index (χ2n) is 6.99. The minimum absolute atomic E-state index is 0.134. The Bertz CT molecular complexity index is 1050. The lowest BCUT2D eigenvalue weighted by molar-refractivity contribution is 0.109. The molecule has 9 nitrogen and oxygen atoms in total. The molecule has 30 heavy (non-hydrogen) atoms. The number of rotatable bonds is 6. The Kier molecular flexibility index (Phi) is 5.75. The maximum Gasteiger partial charge on any atom is 0.321 e. The molecule has 1 aliphatic heterocycles. The number of likely N-dealkylation sites (N-methyl/N-ethyl adjacent to an activating group) is 1. The van der Waals surface area contributed by atoms with E-state index in [9.17, 15) is 9.18 Å². The smallest absolute Gasteiger partial charge is 0.321 e. The van der Waals surface area contributed by atoms with Crippen molar-refractivity contribution in [3.8, 4) is 11.6 Å².